The average Bonchev–Trinajstić information content (AvgIpc) is 3.19. The first kappa shape index (κ1) is 16.0. The summed E-state index contributed by atoms with van der Waals surface area (Å²) in [4.78, 5) is 11.2. The molecule has 0 spiro atoms. The molecule has 1 fully saturated rings. The third-order valence-electron chi connectivity index (χ3n) is 5.17. The first-order valence-electron chi connectivity index (χ1n) is 8.81. The van der Waals surface area contributed by atoms with Crippen molar-refractivity contribution in [2.75, 3.05) is 18.4 Å². The molecule has 2 aromatic heterocycles. The van der Waals surface area contributed by atoms with E-state index >= 15 is 0 Å². The van der Waals surface area contributed by atoms with E-state index in [0.717, 1.165) is 36.7 Å². The number of hydrogen-bond acceptors (Lipinski definition) is 5. The lowest BCUT2D eigenvalue weighted by atomic mass is 10.1. The van der Waals surface area contributed by atoms with Crippen LogP contribution in [0.5, 0.6) is 0 Å². The van der Waals surface area contributed by atoms with Crippen molar-refractivity contribution in [1.82, 2.24) is 24.5 Å². The average molecular weight is 336 g/mol. The van der Waals surface area contributed by atoms with Gasteiger partial charge >= 0.3 is 0 Å². The third kappa shape index (κ3) is 3.09. The van der Waals surface area contributed by atoms with Crippen molar-refractivity contribution in [2.24, 2.45) is 5.92 Å². The largest absolute Gasteiger partial charge is 0.365 e. The highest BCUT2D eigenvalue weighted by atomic mass is 15.4. The molecule has 130 valence electrons. The summed E-state index contributed by atoms with van der Waals surface area (Å²) >= 11 is 0. The molecule has 4 rings (SSSR count). The van der Waals surface area contributed by atoms with E-state index in [1.165, 1.54) is 5.56 Å². The number of rotatable bonds is 4. The van der Waals surface area contributed by atoms with Crippen LogP contribution in [0.25, 0.3) is 5.78 Å². The molecule has 2 unspecified atom stereocenters. The highest BCUT2D eigenvalue weighted by Crippen LogP contribution is 2.25. The quantitative estimate of drug-likeness (QED) is 0.794. The van der Waals surface area contributed by atoms with Gasteiger partial charge in [0, 0.05) is 36.9 Å². The van der Waals surface area contributed by atoms with Crippen molar-refractivity contribution in [1.29, 1.82) is 0 Å². The van der Waals surface area contributed by atoms with E-state index in [4.69, 9.17) is 0 Å². The summed E-state index contributed by atoms with van der Waals surface area (Å²) in [7, 11) is 0. The van der Waals surface area contributed by atoms with Crippen LogP contribution in [0.1, 0.15) is 23.7 Å². The van der Waals surface area contributed by atoms with E-state index in [-0.39, 0.29) is 0 Å². The molecule has 25 heavy (non-hydrogen) atoms. The maximum Gasteiger partial charge on any atom is 0.254 e. The summed E-state index contributed by atoms with van der Waals surface area (Å²) in [6.07, 6.45) is 1.56. The summed E-state index contributed by atoms with van der Waals surface area (Å²) in [5.74, 6) is 2.23. The number of nitrogens with zero attached hydrogens (tertiary/aromatic N) is 5. The van der Waals surface area contributed by atoms with Crippen LogP contribution >= 0.6 is 0 Å². The molecule has 0 bridgehead atoms. The number of likely N-dealkylation sites (tertiary alicyclic amines) is 1. The Labute approximate surface area is 147 Å². The fourth-order valence-electron chi connectivity index (χ4n) is 3.60. The van der Waals surface area contributed by atoms with E-state index in [2.05, 4.69) is 69.5 Å². The maximum atomic E-state index is 4.50. The van der Waals surface area contributed by atoms with Gasteiger partial charge in [-0.2, -0.15) is 14.6 Å². The standard InChI is InChI=1S/C19H24N6/c1-13-9-24(10-16-7-5-4-6-8-16)11-17(13)23-18-14(2)15(3)22-19-20-12-21-25(18)19/h4-8,12-13,17,23H,9-11H2,1-3H3. The molecule has 1 saturated heterocycles. The summed E-state index contributed by atoms with van der Waals surface area (Å²) < 4.78 is 1.81. The second kappa shape index (κ2) is 6.44. The Morgan fingerprint density at radius 2 is 1.96 bits per heavy atom. The van der Waals surface area contributed by atoms with E-state index in [1.54, 1.807) is 6.33 Å². The molecular formula is C19H24N6. The maximum absolute atomic E-state index is 4.50. The first-order valence-corrected chi connectivity index (χ1v) is 8.81. The number of aromatic nitrogens is 4. The first-order chi connectivity index (χ1) is 12.1. The lowest BCUT2D eigenvalue weighted by Gasteiger charge is -2.21. The van der Waals surface area contributed by atoms with Gasteiger partial charge in [0.1, 0.15) is 12.1 Å². The van der Waals surface area contributed by atoms with Crippen LogP contribution in [0.2, 0.25) is 0 Å². The van der Waals surface area contributed by atoms with Gasteiger partial charge in [-0.1, -0.05) is 37.3 Å². The molecule has 1 aliphatic heterocycles. The third-order valence-corrected chi connectivity index (χ3v) is 5.17. The van der Waals surface area contributed by atoms with E-state index < -0.39 is 0 Å². The van der Waals surface area contributed by atoms with Crippen LogP contribution in [-0.4, -0.2) is 43.6 Å². The zero-order valence-electron chi connectivity index (χ0n) is 15.0. The van der Waals surface area contributed by atoms with Gasteiger partial charge in [-0.3, -0.25) is 4.90 Å². The summed E-state index contributed by atoms with van der Waals surface area (Å²) in [6, 6.07) is 11.1. The predicted molar refractivity (Wildman–Crippen MR) is 98.5 cm³/mol. The minimum Gasteiger partial charge on any atom is -0.365 e. The van der Waals surface area contributed by atoms with Crippen LogP contribution in [0.15, 0.2) is 36.7 Å². The Hall–Kier alpha value is -2.47. The van der Waals surface area contributed by atoms with Crippen molar-refractivity contribution >= 4 is 11.6 Å². The minimum absolute atomic E-state index is 0.386. The molecule has 0 amide bonds. The Morgan fingerprint density at radius 1 is 1.16 bits per heavy atom. The number of anilines is 1. The van der Waals surface area contributed by atoms with Crippen molar-refractivity contribution in [2.45, 2.75) is 33.4 Å². The molecule has 1 aromatic carbocycles. The van der Waals surface area contributed by atoms with Crippen LogP contribution in [-0.2, 0) is 6.54 Å². The van der Waals surface area contributed by atoms with Gasteiger partial charge < -0.3 is 5.32 Å². The zero-order valence-corrected chi connectivity index (χ0v) is 15.0. The molecule has 0 radical (unpaired) electrons. The molecule has 1 N–H and O–H groups in total. The Kier molecular flexibility index (Phi) is 4.13. The normalized spacial score (nSPS) is 21.1. The fourth-order valence-corrected chi connectivity index (χ4v) is 3.60. The van der Waals surface area contributed by atoms with Gasteiger partial charge in [-0.25, -0.2) is 4.98 Å². The summed E-state index contributed by atoms with van der Waals surface area (Å²) in [5.41, 5.74) is 3.49. The molecule has 3 heterocycles. The van der Waals surface area contributed by atoms with Crippen molar-refractivity contribution in [3.05, 3.63) is 53.5 Å². The monoisotopic (exact) mass is 336 g/mol. The van der Waals surface area contributed by atoms with Gasteiger partial charge in [0.25, 0.3) is 5.78 Å². The van der Waals surface area contributed by atoms with Crippen LogP contribution in [0.3, 0.4) is 0 Å². The van der Waals surface area contributed by atoms with Crippen LogP contribution in [0.4, 0.5) is 5.82 Å². The van der Waals surface area contributed by atoms with Crippen LogP contribution < -0.4 is 5.32 Å². The van der Waals surface area contributed by atoms with Gasteiger partial charge in [0.05, 0.1) is 0 Å². The highest BCUT2D eigenvalue weighted by Gasteiger charge is 2.30. The zero-order chi connectivity index (χ0) is 17.4. The molecule has 1 aliphatic rings. The van der Waals surface area contributed by atoms with Gasteiger partial charge in [0.15, 0.2) is 0 Å². The Balaban J connectivity index is 1.53. The fraction of sp³-hybridized carbons (Fsp3) is 0.421. The van der Waals surface area contributed by atoms with Crippen LogP contribution in [0, 0.1) is 19.8 Å². The lowest BCUT2D eigenvalue weighted by Crippen LogP contribution is -2.29. The van der Waals surface area contributed by atoms with Gasteiger partial charge in [-0.15, -0.1) is 0 Å². The minimum atomic E-state index is 0.386. The van der Waals surface area contributed by atoms with Gasteiger partial charge in [-0.05, 0) is 25.3 Å². The number of benzene rings is 1. The van der Waals surface area contributed by atoms with Crippen molar-refractivity contribution < 1.29 is 0 Å². The Morgan fingerprint density at radius 3 is 2.76 bits per heavy atom. The smallest absolute Gasteiger partial charge is 0.254 e. The number of fused-ring (bicyclic) bond motifs is 1. The molecule has 0 aliphatic carbocycles. The molecule has 2 atom stereocenters. The van der Waals surface area contributed by atoms with E-state index in [0.29, 0.717) is 17.7 Å². The van der Waals surface area contributed by atoms with E-state index in [1.807, 2.05) is 11.4 Å². The SMILES string of the molecule is Cc1nc2ncnn2c(NC2CN(Cc3ccccc3)CC2C)c1C. The van der Waals surface area contributed by atoms with Crippen molar-refractivity contribution in [3.63, 3.8) is 0 Å². The molecule has 6 nitrogen and oxygen atoms in total. The second-order valence-electron chi connectivity index (χ2n) is 7.05. The second-order valence-corrected chi connectivity index (χ2v) is 7.05. The summed E-state index contributed by atoms with van der Waals surface area (Å²) in [5, 5.41) is 8.06. The Bertz CT molecular complexity index is 872. The molecule has 6 heteroatoms. The summed E-state index contributed by atoms with van der Waals surface area (Å²) in [6.45, 7) is 9.53. The van der Waals surface area contributed by atoms with E-state index in [9.17, 15) is 0 Å². The number of aryl methyl sites for hydroxylation is 1. The molecular weight excluding hydrogens is 312 g/mol. The van der Waals surface area contributed by atoms with Crippen molar-refractivity contribution in [3.8, 4) is 0 Å². The number of hydrogen-bond donors (Lipinski definition) is 1. The number of nitrogens with one attached hydrogen (secondary N) is 1. The lowest BCUT2D eigenvalue weighted by molar-refractivity contribution is 0.319. The van der Waals surface area contributed by atoms with Gasteiger partial charge in [0.2, 0.25) is 0 Å². The predicted octanol–water partition coefficient (Wildman–Crippen LogP) is 2.67. The highest BCUT2D eigenvalue weighted by molar-refractivity contribution is 5.52. The molecule has 0 saturated carbocycles. The molecule has 3 aromatic rings. The topological polar surface area (TPSA) is 58.4 Å².